The first-order valence-corrected chi connectivity index (χ1v) is 8.83. The number of para-hydroxylation sites is 1. The first-order chi connectivity index (χ1) is 14.2. The van der Waals surface area contributed by atoms with Crippen LogP contribution in [0.3, 0.4) is 0 Å². The predicted molar refractivity (Wildman–Crippen MR) is 112 cm³/mol. The Morgan fingerprint density at radius 3 is 2.07 bits per heavy atom. The third-order valence-electron chi connectivity index (χ3n) is 3.93. The Hall–Kier alpha value is -4.24. The van der Waals surface area contributed by atoms with Gasteiger partial charge in [-0.25, -0.2) is 0 Å². The SMILES string of the molecule is COc1ccc(NC(=O)/C(C#N)=C\Nc2ccc(Oc3ccccc3)cc2)cc1. The standard InChI is InChI=1S/C23H19N3O3/c1-28-20-11-9-19(10-12-20)26-23(27)17(15-24)16-25-18-7-13-22(14-8-18)29-21-5-3-2-4-6-21/h2-14,16,25H,1H3,(H,26,27)/b17-16-. The summed E-state index contributed by atoms with van der Waals surface area (Å²) < 4.78 is 10.8. The number of benzene rings is 3. The van der Waals surface area contributed by atoms with Crippen molar-refractivity contribution in [1.29, 1.82) is 5.26 Å². The zero-order chi connectivity index (χ0) is 20.5. The summed E-state index contributed by atoms with van der Waals surface area (Å²) in [6.45, 7) is 0. The maximum atomic E-state index is 12.3. The molecule has 0 aliphatic rings. The molecular formula is C23H19N3O3. The molecule has 3 aromatic rings. The Morgan fingerprint density at radius 1 is 0.862 bits per heavy atom. The lowest BCUT2D eigenvalue weighted by atomic mass is 10.2. The van der Waals surface area contributed by atoms with Crippen molar-refractivity contribution >= 4 is 17.3 Å². The van der Waals surface area contributed by atoms with Crippen LogP contribution in [0, 0.1) is 11.3 Å². The number of hydrogen-bond acceptors (Lipinski definition) is 5. The first-order valence-electron chi connectivity index (χ1n) is 8.83. The Bertz CT molecular complexity index is 1020. The van der Waals surface area contributed by atoms with Gasteiger partial charge in [-0.15, -0.1) is 0 Å². The molecule has 1 amide bonds. The van der Waals surface area contributed by atoms with Gasteiger partial charge >= 0.3 is 0 Å². The van der Waals surface area contributed by atoms with E-state index in [9.17, 15) is 10.1 Å². The van der Waals surface area contributed by atoms with Gasteiger partial charge in [0.2, 0.25) is 0 Å². The molecule has 0 radical (unpaired) electrons. The van der Waals surface area contributed by atoms with Gasteiger partial charge in [0.05, 0.1) is 7.11 Å². The minimum Gasteiger partial charge on any atom is -0.497 e. The van der Waals surface area contributed by atoms with Gasteiger partial charge in [0.25, 0.3) is 5.91 Å². The molecule has 0 saturated carbocycles. The lowest BCUT2D eigenvalue weighted by Gasteiger charge is -2.08. The van der Waals surface area contributed by atoms with Gasteiger partial charge in [-0.05, 0) is 60.7 Å². The summed E-state index contributed by atoms with van der Waals surface area (Å²) in [5, 5.41) is 14.9. The van der Waals surface area contributed by atoms with E-state index in [0.29, 0.717) is 17.2 Å². The number of amides is 1. The summed E-state index contributed by atoms with van der Waals surface area (Å²) >= 11 is 0. The van der Waals surface area contributed by atoms with Gasteiger partial charge in [0.1, 0.15) is 28.9 Å². The average molecular weight is 385 g/mol. The molecule has 0 bridgehead atoms. The second-order valence-electron chi connectivity index (χ2n) is 5.94. The average Bonchev–Trinajstić information content (AvgIpc) is 2.76. The third-order valence-corrected chi connectivity index (χ3v) is 3.93. The number of rotatable bonds is 7. The van der Waals surface area contributed by atoms with Crippen molar-refractivity contribution in [2.24, 2.45) is 0 Å². The van der Waals surface area contributed by atoms with Gasteiger partial charge in [-0.1, -0.05) is 18.2 Å². The number of methoxy groups -OCH3 is 1. The molecule has 0 fully saturated rings. The van der Waals surface area contributed by atoms with E-state index in [1.807, 2.05) is 36.4 Å². The van der Waals surface area contributed by atoms with Crippen LogP contribution >= 0.6 is 0 Å². The second kappa shape index (κ2) is 9.62. The van der Waals surface area contributed by atoms with Crippen molar-refractivity contribution in [2.45, 2.75) is 0 Å². The highest BCUT2D eigenvalue weighted by Gasteiger charge is 2.09. The summed E-state index contributed by atoms with van der Waals surface area (Å²) in [6.07, 6.45) is 1.37. The molecule has 3 aromatic carbocycles. The maximum Gasteiger partial charge on any atom is 0.267 e. The minimum atomic E-state index is -0.505. The summed E-state index contributed by atoms with van der Waals surface area (Å²) in [5.74, 6) is 1.60. The molecule has 0 atom stereocenters. The van der Waals surface area contributed by atoms with Gasteiger partial charge in [-0.3, -0.25) is 4.79 Å². The van der Waals surface area contributed by atoms with Crippen LogP contribution in [0.4, 0.5) is 11.4 Å². The minimum absolute atomic E-state index is 0.0505. The van der Waals surface area contributed by atoms with E-state index >= 15 is 0 Å². The van der Waals surface area contributed by atoms with Crippen LogP contribution in [0.25, 0.3) is 0 Å². The zero-order valence-electron chi connectivity index (χ0n) is 15.8. The van der Waals surface area contributed by atoms with Crippen LogP contribution in [-0.4, -0.2) is 13.0 Å². The van der Waals surface area contributed by atoms with Crippen molar-refractivity contribution in [1.82, 2.24) is 0 Å². The number of hydrogen-bond donors (Lipinski definition) is 2. The molecule has 0 saturated heterocycles. The molecule has 0 heterocycles. The highest BCUT2D eigenvalue weighted by Crippen LogP contribution is 2.22. The zero-order valence-corrected chi connectivity index (χ0v) is 15.8. The lowest BCUT2D eigenvalue weighted by Crippen LogP contribution is -2.14. The molecule has 0 aliphatic heterocycles. The van der Waals surface area contributed by atoms with Crippen molar-refractivity contribution < 1.29 is 14.3 Å². The Kier molecular flexibility index (Phi) is 6.48. The second-order valence-corrected chi connectivity index (χ2v) is 5.94. The highest BCUT2D eigenvalue weighted by molar-refractivity contribution is 6.06. The molecule has 0 aromatic heterocycles. The van der Waals surface area contributed by atoms with Gasteiger partial charge in [0.15, 0.2) is 0 Å². The van der Waals surface area contributed by atoms with E-state index in [0.717, 1.165) is 11.4 Å². The monoisotopic (exact) mass is 385 g/mol. The molecule has 6 heteroatoms. The number of ether oxygens (including phenoxy) is 2. The largest absolute Gasteiger partial charge is 0.497 e. The summed E-state index contributed by atoms with van der Waals surface area (Å²) in [4.78, 5) is 12.3. The molecule has 2 N–H and O–H groups in total. The quantitative estimate of drug-likeness (QED) is 0.444. The van der Waals surface area contributed by atoms with Crippen LogP contribution < -0.4 is 20.1 Å². The van der Waals surface area contributed by atoms with Crippen molar-refractivity contribution in [3.63, 3.8) is 0 Å². The first kappa shape index (κ1) is 19.5. The highest BCUT2D eigenvalue weighted by atomic mass is 16.5. The number of nitrogens with one attached hydrogen (secondary N) is 2. The Balaban J connectivity index is 1.60. The Morgan fingerprint density at radius 2 is 1.45 bits per heavy atom. The molecular weight excluding hydrogens is 366 g/mol. The maximum absolute atomic E-state index is 12.3. The smallest absolute Gasteiger partial charge is 0.267 e. The lowest BCUT2D eigenvalue weighted by molar-refractivity contribution is -0.112. The van der Waals surface area contributed by atoms with Crippen molar-refractivity contribution in [3.05, 3.63) is 90.6 Å². The fraction of sp³-hybridized carbons (Fsp3) is 0.0435. The van der Waals surface area contributed by atoms with E-state index in [1.54, 1.807) is 55.6 Å². The van der Waals surface area contributed by atoms with E-state index in [4.69, 9.17) is 9.47 Å². The van der Waals surface area contributed by atoms with Crippen LogP contribution in [0.5, 0.6) is 17.2 Å². The van der Waals surface area contributed by atoms with Crippen LogP contribution in [0.1, 0.15) is 0 Å². The van der Waals surface area contributed by atoms with E-state index in [1.165, 1.54) is 6.20 Å². The van der Waals surface area contributed by atoms with E-state index < -0.39 is 5.91 Å². The number of anilines is 2. The van der Waals surface area contributed by atoms with Crippen molar-refractivity contribution in [2.75, 3.05) is 17.7 Å². The third kappa shape index (κ3) is 5.62. The van der Waals surface area contributed by atoms with Gasteiger partial charge in [-0.2, -0.15) is 5.26 Å². The van der Waals surface area contributed by atoms with E-state index in [2.05, 4.69) is 10.6 Å². The normalized spacial score (nSPS) is 10.6. The molecule has 0 unspecified atom stereocenters. The Labute approximate surface area is 169 Å². The molecule has 0 spiro atoms. The number of nitriles is 1. The molecule has 6 nitrogen and oxygen atoms in total. The van der Waals surface area contributed by atoms with Gasteiger partial charge < -0.3 is 20.1 Å². The number of nitrogens with zero attached hydrogens (tertiary/aromatic N) is 1. The molecule has 3 rings (SSSR count). The van der Waals surface area contributed by atoms with Gasteiger partial charge in [0, 0.05) is 17.6 Å². The summed E-state index contributed by atoms with van der Waals surface area (Å²) in [6, 6.07) is 25.4. The van der Waals surface area contributed by atoms with Crippen LogP contribution in [0.2, 0.25) is 0 Å². The summed E-state index contributed by atoms with van der Waals surface area (Å²) in [5.41, 5.74) is 1.24. The summed E-state index contributed by atoms with van der Waals surface area (Å²) in [7, 11) is 1.57. The van der Waals surface area contributed by atoms with E-state index in [-0.39, 0.29) is 5.57 Å². The number of carbonyl (C=O) groups is 1. The van der Waals surface area contributed by atoms with Crippen LogP contribution in [0.15, 0.2) is 90.6 Å². The van der Waals surface area contributed by atoms with Crippen LogP contribution in [-0.2, 0) is 4.79 Å². The molecule has 29 heavy (non-hydrogen) atoms. The fourth-order valence-corrected chi connectivity index (χ4v) is 2.42. The number of carbonyl (C=O) groups excluding carboxylic acids is 1. The van der Waals surface area contributed by atoms with Crippen molar-refractivity contribution in [3.8, 4) is 23.3 Å². The topological polar surface area (TPSA) is 83.4 Å². The molecule has 0 aliphatic carbocycles. The predicted octanol–water partition coefficient (Wildman–Crippen LogP) is 4.95. The molecule has 144 valence electrons. The fourth-order valence-electron chi connectivity index (χ4n) is 2.42.